The normalized spacial score (nSPS) is 36.8. The van der Waals surface area contributed by atoms with Crippen LogP contribution in [0.5, 0.6) is 0 Å². The lowest BCUT2D eigenvalue weighted by Gasteiger charge is -2.42. The zero-order valence-corrected chi connectivity index (χ0v) is 40.2. The summed E-state index contributed by atoms with van der Waals surface area (Å²) in [6.07, 6.45) is -9.47. The summed E-state index contributed by atoms with van der Waals surface area (Å²) in [6, 6.07) is 8.57. The van der Waals surface area contributed by atoms with Crippen LogP contribution in [0.3, 0.4) is 0 Å². The average molecular weight is 1010 g/mol. The molecule has 3 saturated heterocycles. The highest BCUT2D eigenvalue weighted by Gasteiger charge is 2.52. The van der Waals surface area contributed by atoms with Gasteiger partial charge in [-0.3, -0.25) is 20.3 Å². The largest absolute Gasteiger partial charge is 0.450 e. The molecule has 0 bridgehead atoms. The van der Waals surface area contributed by atoms with Crippen molar-refractivity contribution < 1.29 is 64.2 Å². The van der Waals surface area contributed by atoms with Gasteiger partial charge in [0.2, 0.25) is 0 Å². The van der Waals surface area contributed by atoms with Crippen molar-refractivity contribution in [3.8, 4) is 0 Å². The molecule has 356 valence electrons. The molecule has 63 heavy (non-hydrogen) atoms. The van der Waals surface area contributed by atoms with Crippen LogP contribution in [0.1, 0.15) is 54.0 Å². The standard InChI is InChI=1S/C21H30N2O5S.2C8H14N2O4S.BCl3/c1-12-16(13(2)24)27-18-15(17(12)26-11-14-9-7-6-8-10-14)22-19(29-18)23-20(25)28-21(3,4)5;2*1-2(11)6-5(13)4(12)3-7(14-6)15-8(9)10-3;2-1(3)4/h6-10,12-13,15-18,24H,11H2,1-5H3,(H,22,23,25);2*2-7,11-13H,1H3,(H2,9,10);/t12-,13?,15-,16+,17+,18-;2-,3+,4+,5-,6+,7+;2-,3-,4-,5+,6-,7-;/m101./s1. The monoisotopic (exact) mass is 1010 g/mol. The second kappa shape index (κ2) is 24.1. The first-order valence-corrected chi connectivity index (χ1v) is 23.9. The first kappa shape index (κ1) is 54.3. The third-order valence-corrected chi connectivity index (χ3v) is 13.0. The van der Waals surface area contributed by atoms with Crippen LogP contribution in [0.15, 0.2) is 45.3 Å². The lowest BCUT2D eigenvalue weighted by Crippen LogP contribution is -2.57. The number of benzene rings is 1. The van der Waals surface area contributed by atoms with Crippen molar-refractivity contribution in [1.82, 2.24) is 5.32 Å². The quantitative estimate of drug-likeness (QED) is 0.181. The van der Waals surface area contributed by atoms with Crippen molar-refractivity contribution in [2.45, 2.75) is 162 Å². The molecule has 1 aromatic rings. The minimum Gasteiger partial charge on any atom is -0.444 e. The van der Waals surface area contributed by atoms with Gasteiger partial charge in [0.25, 0.3) is 0 Å². The van der Waals surface area contributed by atoms with Gasteiger partial charge in [0.15, 0.2) is 15.5 Å². The van der Waals surface area contributed by atoms with Gasteiger partial charge in [-0.1, -0.05) is 72.5 Å². The topological polar surface area (TPSA) is 306 Å². The van der Waals surface area contributed by atoms with Gasteiger partial charge in [-0.25, -0.2) is 4.79 Å². The average Bonchev–Trinajstić information content (AvgIpc) is 3.88. The van der Waals surface area contributed by atoms with Gasteiger partial charge in [0.1, 0.15) is 76.7 Å². The smallest absolute Gasteiger partial charge is 0.444 e. The number of fused-ring (bicyclic) bond motifs is 3. The van der Waals surface area contributed by atoms with E-state index in [1.807, 2.05) is 37.3 Å². The maximum Gasteiger partial charge on any atom is 0.450 e. The van der Waals surface area contributed by atoms with Crippen LogP contribution in [0, 0.1) is 5.92 Å². The van der Waals surface area contributed by atoms with Crippen molar-refractivity contribution >= 4 is 96.2 Å². The van der Waals surface area contributed by atoms with E-state index >= 15 is 0 Å². The lowest BCUT2D eigenvalue weighted by molar-refractivity contribution is -0.181. The summed E-state index contributed by atoms with van der Waals surface area (Å²) in [4.78, 5) is 24.0. The number of hydrogen-bond acceptors (Lipinski definition) is 21. The number of ether oxygens (including phenoxy) is 5. The number of carbonyl (C=O) groups is 1. The molecule has 1 unspecified atom stereocenters. The van der Waals surface area contributed by atoms with E-state index in [0.717, 1.165) is 5.56 Å². The van der Waals surface area contributed by atoms with Crippen LogP contribution in [0.2, 0.25) is 0 Å². The van der Waals surface area contributed by atoms with E-state index in [-0.39, 0.29) is 29.6 Å². The molecule has 3 fully saturated rings. The summed E-state index contributed by atoms with van der Waals surface area (Å²) in [5.74, 6) is -0.0646. The Morgan fingerprint density at radius 2 is 1.19 bits per heavy atom. The molecular weight excluding hydrogens is 950 g/mol. The number of amides is 1. The van der Waals surface area contributed by atoms with Gasteiger partial charge in [0, 0.05) is 5.92 Å². The maximum atomic E-state index is 12.1. The fraction of sp³-hybridized carbons (Fsp3) is 0.730. The van der Waals surface area contributed by atoms with Gasteiger partial charge >= 0.3 is 11.1 Å². The molecule has 26 heteroatoms. The van der Waals surface area contributed by atoms with E-state index in [2.05, 4.69) is 20.3 Å². The molecule has 0 aliphatic carbocycles. The second-order valence-corrected chi connectivity index (χ2v) is 21.6. The van der Waals surface area contributed by atoms with Crippen molar-refractivity contribution in [1.29, 1.82) is 0 Å². The summed E-state index contributed by atoms with van der Waals surface area (Å²) in [5, 5.41) is 71.7. The van der Waals surface area contributed by atoms with Gasteiger partial charge in [-0.15, -0.1) is 0 Å². The number of halogens is 3. The summed E-state index contributed by atoms with van der Waals surface area (Å²) in [5.41, 5.74) is 10.3. The van der Waals surface area contributed by atoms with Gasteiger partial charge < -0.3 is 70.9 Å². The Bertz CT molecular complexity index is 1670. The molecule has 0 saturated carbocycles. The van der Waals surface area contributed by atoms with Crippen LogP contribution in [0.25, 0.3) is 0 Å². The van der Waals surface area contributed by atoms with E-state index in [1.165, 1.54) is 49.1 Å². The SMILES string of the molecule is CC(O)[C@H]1O[C@@H]2SC(NC(=O)OC(C)(C)C)=N[C@@H]2[C@@H](OCc2ccccc2)[C@@H]1C.C[C@@H](O)[C@H]1O[C@@H]2SC(N)=N[C@@H]2[C@@H](O)[C@@H]1O.C[C@H](O)[C@H]1O[C@@H]2SC(N)=N[C@@H]2[C@@H](O)[C@@H]1O.ClB(Cl)Cl. The number of amidine groups is 3. The molecule has 6 aliphatic rings. The van der Waals surface area contributed by atoms with Gasteiger partial charge in [0.05, 0.1) is 37.1 Å². The summed E-state index contributed by atoms with van der Waals surface area (Å²) < 4.78 is 28.5. The highest BCUT2D eigenvalue weighted by atomic mass is 35.6. The Hall–Kier alpha value is -1.36. The van der Waals surface area contributed by atoms with E-state index in [4.69, 9.17) is 69.5 Å². The van der Waals surface area contributed by atoms with Crippen LogP contribution in [-0.4, -0.2) is 169 Å². The Morgan fingerprint density at radius 1 is 0.762 bits per heavy atom. The first-order chi connectivity index (χ1) is 29.4. The van der Waals surface area contributed by atoms with Gasteiger partial charge in [-0.05, 0) is 47.1 Å². The van der Waals surface area contributed by atoms with Gasteiger partial charge in [-0.2, -0.15) is 34.4 Å². The number of nitrogens with zero attached hydrogens (tertiary/aromatic N) is 3. The van der Waals surface area contributed by atoms with E-state index in [0.29, 0.717) is 22.1 Å². The number of carbonyl (C=O) groups excluding carboxylic acids is 1. The number of hydrogen-bond donors (Lipinski definition) is 10. The number of aliphatic hydroxyl groups is 7. The number of aliphatic imine (C=N–C) groups is 3. The summed E-state index contributed by atoms with van der Waals surface area (Å²) in [6.45, 7) is 12.6. The molecular formula is C37H58BCl3N6O13S3. The minimum atomic E-state index is -1.14. The molecule has 0 spiro atoms. The highest BCUT2D eigenvalue weighted by molar-refractivity contribution is 8.15. The number of thioether (sulfide) groups is 3. The Balaban J connectivity index is 0.000000215. The van der Waals surface area contributed by atoms with Crippen LogP contribution in [0.4, 0.5) is 4.79 Å². The van der Waals surface area contributed by atoms with Crippen LogP contribution in [-0.2, 0) is 30.3 Å². The summed E-state index contributed by atoms with van der Waals surface area (Å²) in [7, 11) is 0. The molecule has 0 aromatic heterocycles. The lowest BCUT2D eigenvalue weighted by atomic mass is 9.87. The predicted molar refractivity (Wildman–Crippen MR) is 247 cm³/mol. The number of rotatable bonds is 6. The van der Waals surface area contributed by atoms with E-state index < -0.39 is 94.5 Å². The Morgan fingerprint density at radius 3 is 1.62 bits per heavy atom. The van der Waals surface area contributed by atoms with Crippen LogP contribution >= 0.6 is 69.7 Å². The third kappa shape index (κ3) is 15.3. The maximum absolute atomic E-state index is 12.1. The molecule has 7 rings (SSSR count). The fourth-order valence-electron chi connectivity index (χ4n) is 7.15. The zero-order chi connectivity index (χ0) is 47.1. The molecule has 6 aliphatic heterocycles. The first-order valence-electron chi connectivity index (χ1n) is 19.9. The highest BCUT2D eigenvalue weighted by Crippen LogP contribution is 2.41. The van der Waals surface area contributed by atoms with Crippen molar-refractivity contribution in [2.24, 2.45) is 32.4 Å². The molecule has 1 aromatic carbocycles. The zero-order valence-electron chi connectivity index (χ0n) is 35.5. The van der Waals surface area contributed by atoms with Crippen molar-refractivity contribution in [3.63, 3.8) is 0 Å². The Kier molecular flexibility index (Phi) is 20.7. The second-order valence-electron chi connectivity index (χ2n) is 16.3. The van der Waals surface area contributed by atoms with E-state index in [9.17, 15) is 40.5 Å². The molecule has 18 atom stereocenters. The summed E-state index contributed by atoms with van der Waals surface area (Å²) >= 11 is 18.1. The van der Waals surface area contributed by atoms with Crippen LogP contribution < -0.4 is 16.8 Å². The molecule has 12 N–H and O–H groups in total. The molecule has 1 amide bonds. The van der Waals surface area contributed by atoms with Crippen molar-refractivity contribution in [2.75, 3.05) is 0 Å². The predicted octanol–water partition coefficient (Wildman–Crippen LogP) is 1.49. The number of aliphatic hydroxyl groups excluding tert-OH is 7. The molecule has 0 radical (unpaired) electrons. The third-order valence-electron chi connectivity index (χ3n) is 10.00. The Labute approximate surface area is 394 Å². The fourth-order valence-corrected chi connectivity index (χ4v) is 10.2. The molecule has 6 heterocycles. The minimum absolute atomic E-state index is 0.0646. The van der Waals surface area contributed by atoms with E-state index in [1.54, 1.807) is 27.7 Å². The number of nitrogens with two attached hydrogens (primary N) is 2. The van der Waals surface area contributed by atoms with Crippen molar-refractivity contribution in [3.05, 3.63) is 35.9 Å². The number of alkyl carbamates (subject to hydrolysis) is 1. The number of nitrogens with one attached hydrogen (secondary N) is 1. The molecule has 19 nitrogen and oxygen atoms in total.